The van der Waals surface area contributed by atoms with Crippen LogP contribution in [0.15, 0.2) is 15.9 Å². The summed E-state index contributed by atoms with van der Waals surface area (Å²) in [5.74, 6) is 0. The van der Waals surface area contributed by atoms with E-state index in [1.165, 1.54) is 21.5 Å². The SMILES string of the molecule is NCC1(CNCCc2ccc(Br)s2)CC1. The third-order valence-electron chi connectivity index (χ3n) is 3.07. The number of rotatable bonds is 6. The first-order valence-electron chi connectivity index (χ1n) is 5.39. The largest absolute Gasteiger partial charge is 0.330 e. The molecule has 1 heterocycles. The highest BCUT2D eigenvalue weighted by atomic mass is 79.9. The van der Waals surface area contributed by atoms with Crippen molar-refractivity contribution in [3.8, 4) is 0 Å². The highest BCUT2D eigenvalue weighted by molar-refractivity contribution is 9.11. The average molecular weight is 289 g/mol. The van der Waals surface area contributed by atoms with Crippen molar-refractivity contribution in [1.29, 1.82) is 0 Å². The number of thiophene rings is 1. The molecule has 0 radical (unpaired) electrons. The first kappa shape index (κ1) is 11.6. The van der Waals surface area contributed by atoms with E-state index >= 15 is 0 Å². The van der Waals surface area contributed by atoms with Crippen molar-refractivity contribution >= 4 is 27.3 Å². The van der Waals surface area contributed by atoms with Crippen molar-refractivity contribution in [2.24, 2.45) is 11.1 Å². The second kappa shape index (κ2) is 4.95. The second-order valence-corrected chi connectivity index (χ2v) is 6.88. The number of nitrogens with one attached hydrogen (secondary N) is 1. The third-order valence-corrected chi connectivity index (χ3v) is 4.75. The predicted octanol–water partition coefficient (Wildman–Crippen LogP) is 2.38. The molecule has 3 N–H and O–H groups in total. The van der Waals surface area contributed by atoms with Gasteiger partial charge in [0, 0.05) is 11.4 Å². The predicted molar refractivity (Wildman–Crippen MR) is 69.3 cm³/mol. The maximum atomic E-state index is 5.72. The van der Waals surface area contributed by atoms with Gasteiger partial charge in [-0.1, -0.05) is 0 Å². The molecule has 0 spiro atoms. The molecule has 0 saturated heterocycles. The van der Waals surface area contributed by atoms with E-state index in [0.29, 0.717) is 5.41 Å². The van der Waals surface area contributed by atoms with Crippen LogP contribution in [-0.4, -0.2) is 19.6 Å². The number of hydrogen-bond donors (Lipinski definition) is 2. The summed E-state index contributed by atoms with van der Waals surface area (Å²) >= 11 is 5.29. The van der Waals surface area contributed by atoms with Gasteiger partial charge in [-0.25, -0.2) is 0 Å². The van der Waals surface area contributed by atoms with Gasteiger partial charge in [-0.05, 0) is 65.8 Å². The van der Waals surface area contributed by atoms with Gasteiger partial charge in [0.15, 0.2) is 0 Å². The maximum Gasteiger partial charge on any atom is 0.0701 e. The Balaban J connectivity index is 1.63. The van der Waals surface area contributed by atoms with Crippen LogP contribution >= 0.6 is 27.3 Å². The van der Waals surface area contributed by atoms with E-state index < -0.39 is 0 Å². The molecule has 1 fully saturated rings. The Hall–Kier alpha value is 0.1000. The fourth-order valence-electron chi connectivity index (χ4n) is 1.68. The van der Waals surface area contributed by atoms with Gasteiger partial charge in [0.1, 0.15) is 0 Å². The monoisotopic (exact) mass is 288 g/mol. The lowest BCUT2D eigenvalue weighted by Gasteiger charge is -2.12. The van der Waals surface area contributed by atoms with E-state index in [2.05, 4.69) is 33.4 Å². The van der Waals surface area contributed by atoms with Crippen molar-refractivity contribution in [2.75, 3.05) is 19.6 Å². The lowest BCUT2D eigenvalue weighted by Crippen LogP contribution is -2.30. The smallest absolute Gasteiger partial charge is 0.0701 e. The lowest BCUT2D eigenvalue weighted by molar-refractivity contribution is 0.471. The highest BCUT2D eigenvalue weighted by Gasteiger charge is 2.40. The van der Waals surface area contributed by atoms with Crippen LogP contribution < -0.4 is 11.1 Å². The zero-order valence-electron chi connectivity index (χ0n) is 8.76. The van der Waals surface area contributed by atoms with E-state index in [4.69, 9.17) is 5.73 Å². The summed E-state index contributed by atoms with van der Waals surface area (Å²) in [5, 5.41) is 3.51. The van der Waals surface area contributed by atoms with Crippen LogP contribution in [-0.2, 0) is 6.42 Å². The molecule has 0 unspecified atom stereocenters. The minimum Gasteiger partial charge on any atom is -0.330 e. The van der Waals surface area contributed by atoms with E-state index in [9.17, 15) is 0 Å². The quantitative estimate of drug-likeness (QED) is 0.789. The fourth-order valence-corrected chi connectivity index (χ4v) is 3.16. The Morgan fingerprint density at radius 3 is 2.80 bits per heavy atom. The molecule has 1 aliphatic carbocycles. The van der Waals surface area contributed by atoms with Crippen LogP contribution in [0.25, 0.3) is 0 Å². The van der Waals surface area contributed by atoms with Crippen molar-refractivity contribution < 1.29 is 0 Å². The number of nitrogens with two attached hydrogens (primary N) is 1. The van der Waals surface area contributed by atoms with Crippen molar-refractivity contribution in [2.45, 2.75) is 19.3 Å². The summed E-state index contributed by atoms with van der Waals surface area (Å²) in [4.78, 5) is 1.44. The van der Waals surface area contributed by atoms with Crippen LogP contribution in [0, 0.1) is 5.41 Å². The fraction of sp³-hybridized carbons (Fsp3) is 0.636. The molecule has 0 atom stereocenters. The summed E-state index contributed by atoms with van der Waals surface area (Å²) in [7, 11) is 0. The molecule has 15 heavy (non-hydrogen) atoms. The molecule has 0 aliphatic heterocycles. The Morgan fingerprint density at radius 2 is 2.27 bits per heavy atom. The van der Waals surface area contributed by atoms with Crippen LogP contribution in [0.2, 0.25) is 0 Å². The molecule has 2 nitrogen and oxygen atoms in total. The third kappa shape index (κ3) is 3.28. The van der Waals surface area contributed by atoms with Crippen LogP contribution in [0.4, 0.5) is 0 Å². The molecule has 1 aliphatic rings. The van der Waals surface area contributed by atoms with Crippen molar-refractivity contribution in [3.05, 3.63) is 20.8 Å². The van der Waals surface area contributed by atoms with Crippen LogP contribution in [0.3, 0.4) is 0 Å². The normalized spacial score (nSPS) is 18.0. The Morgan fingerprint density at radius 1 is 1.47 bits per heavy atom. The van der Waals surface area contributed by atoms with E-state index in [1.54, 1.807) is 0 Å². The molecule has 4 heteroatoms. The molecule has 2 rings (SSSR count). The molecular weight excluding hydrogens is 272 g/mol. The van der Waals surface area contributed by atoms with Gasteiger partial charge >= 0.3 is 0 Å². The van der Waals surface area contributed by atoms with Crippen LogP contribution in [0.5, 0.6) is 0 Å². The summed E-state index contributed by atoms with van der Waals surface area (Å²) in [5.41, 5.74) is 6.18. The van der Waals surface area contributed by atoms with Gasteiger partial charge in [-0.2, -0.15) is 0 Å². The van der Waals surface area contributed by atoms with Crippen LogP contribution in [0.1, 0.15) is 17.7 Å². The lowest BCUT2D eigenvalue weighted by atomic mass is 10.1. The summed E-state index contributed by atoms with van der Waals surface area (Å²) in [6, 6.07) is 4.30. The Labute approximate surface area is 103 Å². The zero-order chi connectivity index (χ0) is 10.7. The Kier molecular flexibility index (Phi) is 3.83. The minimum atomic E-state index is 0.454. The van der Waals surface area contributed by atoms with Crippen molar-refractivity contribution in [3.63, 3.8) is 0 Å². The summed E-state index contributed by atoms with van der Waals surface area (Å²) in [6.07, 6.45) is 3.74. The van der Waals surface area contributed by atoms with Gasteiger partial charge in [0.2, 0.25) is 0 Å². The molecule has 1 aromatic rings. The van der Waals surface area contributed by atoms with Gasteiger partial charge in [-0.3, -0.25) is 0 Å². The molecular formula is C11H17BrN2S. The van der Waals surface area contributed by atoms with Gasteiger partial charge in [0.05, 0.1) is 3.79 Å². The molecule has 0 bridgehead atoms. The number of halogens is 1. The molecule has 1 saturated carbocycles. The first-order chi connectivity index (χ1) is 7.24. The average Bonchev–Trinajstić information content (AvgIpc) is 2.91. The van der Waals surface area contributed by atoms with E-state index in [-0.39, 0.29) is 0 Å². The highest BCUT2D eigenvalue weighted by Crippen LogP contribution is 2.43. The van der Waals surface area contributed by atoms with Gasteiger partial charge in [-0.15, -0.1) is 11.3 Å². The molecule has 0 amide bonds. The van der Waals surface area contributed by atoms with E-state index in [1.807, 2.05) is 11.3 Å². The van der Waals surface area contributed by atoms with E-state index in [0.717, 1.165) is 26.1 Å². The second-order valence-electron chi connectivity index (χ2n) is 4.34. The standard InChI is InChI=1S/C11H17BrN2S/c12-10-2-1-9(15-10)3-6-14-8-11(7-13)4-5-11/h1-2,14H,3-8,13H2. The molecule has 1 aromatic heterocycles. The Bertz CT molecular complexity index is 320. The summed E-state index contributed by atoms with van der Waals surface area (Å²) < 4.78 is 1.22. The van der Waals surface area contributed by atoms with Crippen molar-refractivity contribution in [1.82, 2.24) is 5.32 Å². The summed E-state index contributed by atoms with van der Waals surface area (Å²) in [6.45, 7) is 3.00. The molecule has 84 valence electrons. The van der Waals surface area contributed by atoms with Gasteiger partial charge in [0.25, 0.3) is 0 Å². The zero-order valence-corrected chi connectivity index (χ0v) is 11.2. The number of hydrogen-bond acceptors (Lipinski definition) is 3. The minimum absolute atomic E-state index is 0.454. The van der Waals surface area contributed by atoms with Gasteiger partial charge < -0.3 is 11.1 Å². The molecule has 0 aromatic carbocycles. The topological polar surface area (TPSA) is 38.0 Å². The maximum absolute atomic E-state index is 5.72. The first-order valence-corrected chi connectivity index (χ1v) is 7.00.